The molecular weight excluding hydrogens is 238 g/mol. The van der Waals surface area contributed by atoms with Gasteiger partial charge in [-0.3, -0.25) is 0 Å². The molecule has 17 heavy (non-hydrogen) atoms. The van der Waals surface area contributed by atoms with Gasteiger partial charge in [-0.05, 0) is 12.7 Å². The normalized spacial score (nSPS) is 10.5. The smallest absolute Gasteiger partial charge is 0.130 e. The molecule has 0 aliphatic rings. The zero-order chi connectivity index (χ0) is 12.3. The summed E-state index contributed by atoms with van der Waals surface area (Å²) in [6.45, 7) is 2.88. The first-order valence-corrected chi connectivity index (χ1v) is 6.76. The molecule has 0 saturated carbocycles. The highest BCUT2D eigenvalue weighted by Crippen LogP contribution is 2.13. The topological polar surface area (TPSA) is 56.3 Å². The van der Waals surface area contributed by atoms with Gasteiger partial charge in [-0.15, -0.1) is 11.8 Å². The lowest BCUT2D eigenvalue weighted by atomic mass is 10.4. The summed E-state index contributed by atoms with van der Waals surface area (Å²) < 4.78 is 10.2. The summed E-state index contributed by atoms with van der Waals surface area (Å²) in [5.41, 5.74) is 0. The molecule has 0 unspecified atom stereocenters. The Bertz CT molecular complexity index is 313. The van der Waals surface area contributed by atoms with Crippen LogP contribution in [0.3, 0.4) is 0 Å². The van der Waals surface area contributed by atoms with Crippen molar-refractivity contribution in [3.05, 3.63) is 12.4 Å². The molecule has 0 aliphatic carbocycles. The van der Waals surface area contributed by atoms with Gasteiger partial charge in [0.25, 0.3) is 0 Å². The van der Waals surface area contributed by atoms with Crippen LogP contribution in [0.5, 0.6) is 0 Å². The highest BCUT2D eigenvalue weighted by Gasteiger charge is 1.96. The molecule has 0 amide bonds. The molecule has 0 aromatic carbocycles. The molecule has 0 bridgehead atoms. The fraction of sp³-hybridized carbons (Fsp3) is 0.636. The number of nitrogens with zero attached hydrogens (tertiary/aromatic N) is 2. The van der Waals surface area contributed by atoms with Crippen molar-refractivity contribution in [3.8, 4) is 0 Å². The van der Waals surface area contributed by atoms with Crippen LogP contribution in [0.1, 0.15) is 6.42 Å². The van der Waals surface area contributed by atoms with E-state index in [9.17, 15) is 0 Å². The van der Waals surface area contributed by atoms with Crippen LogP contribution >= 0.6 is 11.8 Å². The number of hydrogen-bond donors (Lipinski definition) is 1. The van der Waals surface area contributed by atoms with Gasteiger partial charge in [0.1, 0.15) is 17.2 Å². The van der Waals surface area contributed by atoms with Gasteiger partial charge in [0, 0.05) is 26.3 Å². The molecule has 0 aliphatic heterocycles. The lowest BCUT2D eigenvalue weighted by molar-refractivity contribution is 0.0705. The number of thioether (sulfide) groups is 1. The Hall–Kier alpha value is -0.850. The van der Waals surface area contributed by atoms with E-state index < -0.39 is 0 Å². The fourth-order valence-electron chi connectivity index (χ4n) is 1.18. The largest absolute Gasteiger partial charge is 0.382 e. The minimum atomic E-state index is 0.649. The molecule has 6 heteroatoms. The molecule has 1 aromatic heterocycles. The Morgan fingerprint density at radius 1 is 1.29 bits per heavy atom. The van der Waals surface area contributed by atoms with Crippen molar-refractivity contribution in [2.75, 3.05) is 45.0 Å². The molecule has 5 nitrogen and oxygen atoms in total. The Kier molecular flexibility index (Phi) is 7.70. The Morgan fingerprint density at radius 3 is 2.94 bits per heavy atom. The maximum atomic E-state index is 5.36. The molecule has 1 rings (SSSR count). The van der Waals surface area contributed by atoms with Crippen molar-refractivity contribution in [2.45, 2.75) is 11.4 Å². The molecule has 1 aromatic rings. The summed E-state index contributed by atoms with van der Waals surface area (Å²) in [4.78, 5) is 8.25. The van der Waals surface area contributed by atoms with E-state index in [1.807, 2.05) is 12.3 Å². The summed E-state index contributed by atoms with van der Waals surface area (Å²) in [5, 5.41) is 4.21. The van der Waals surface area contributed by atoms with Crippen LogP contribution in [0, 0.1) is 0 Å². The van der Waals surface area contributed by atoms with Crippen molar-refractivity contribution in [3.63, 3.8) is 0 Å². The highest BCUT2D eigenvalue weighted by atomic mass is 32.2. The lowest BCUT2D eigenvalue weighted by Gasteiger charge is -2.06. The third kappa shape index (κ3) is 6.45. The predicted octanol–water partition coefficient (Wildman–Crippen LogP) is 1.66. The third-order valence-electron chi connectivity index (χ3n) is 2.05. The van der Waals surface area contributed by atoms with E-state index in [1.165, 1.54) is 0 Å². The van der Waals surface area contributed by atoms with Crippen LogP contribution in [-0.4, -0.2) is 49.7 Å². The van der Waals surface area contributed by atoms with Crippen LogP contribution in [0.2, 0.25) is 0 Å². The SMILES string of the molecule is COCCOCCCNc1cc(SC)ncn1. The number of aromatic nitrogens is 2. The third-order valence-corrected chi connectivity index (χ3v) is 2.70. The van der Waals surface area contributed by atoms with E-state index in [4.69, 9.17) is 9.47 Å². The van der Waals surface area contributed by atoms with Crippen molar-refractivity contribution in [1.82, 2.24) is 9.97 Å². The first-order valence-electron chi connectivity index (χ1n) is 5.53. The highest BCUT2D eigenvalue weighted by molar-refractivity contribution is 7.98. The van der Waals surface area contributed by atoms with Crippen molar-refractivity contribution in [2.24, 2.45) is 0 Å². The van der Waals surface area contributed by atoms with Crippen LogP contribution < -0.4 is 5.32 Å². The fourth-order valence-corrected chi connectivity index (χ4v) is 1.56. The Morgan fingerprint density at radius 2 is 2.18 bits per heavy atom. The second-order valence-electron chi connectivity index (χ2n) is 3.33. The zero-order valence-electron chi connectivity index (χ0n) is 10.3. The van der Waals surface area contributed by atoms with E-state index in [0.717, 1.165) is 30.4 Å². The first-order chi connectivity index (χ1) is 8.36. The standard InChI is InChI=1S/C11H19N3O2S/c1-15-6-7-16-5-3-4-12-10-8-11(17-2)14-9-13-10/h8-9H,3-7H2,1-2H3,(H,12,13,14). The van der Waals surface area contributed by atoms with Crippen LogP contribution in [0.15, 0.2) is 17.4 Å². The average Bonchev–Trinajstić information content (AvgIpc) is 2.38. The molecule has 0 fully saturated rings. The van der Waals surface area contributed by atoms with Gasteiger partial charge in [-0.25, -0.2) is 9.97 Å². The minimum Gasteiger partial charge on any atom is -0.382 e. The monoisotopic (exact) mass is 257 g/mol. The predicted molar refractivity (Wildman–Crippen MR) is 69.6 cm³/mol. The lowest BCUT2D eigenvalue weighted by Crippen LogP contribution is -2.09. The van der Waals surface area contributed by atoms with Crippen LogP contribution in [-0.2, 0) is 9.47 Å². The van der Waals surface area contributed by atoms with Crippen molar-refractivity contribution >= 4 is 17.6 Å². The van der Waals surface area contributed by atoms with Gasteiger partial charge < -0.3 is 14.8 Å². The zero-order valence-corrected chi connectivity index (χ0v) is 11.1. The number of nitrogens with one attached hydrogen (secondary N) is 1. The van der Waals surface area contributed by atoms with E-state index in [-0.39, 0.29) is 0 Å². The van der Waals surface area contributed by atoms with Crippen LogP contribution in [0.25, 0.3) is 0 Å². The maximum Gasteiger partial charge on any atom is 0.130 e. The summed E-state index contributed by atoms with van der Waals surface area (Å²) in [6, 6.07) is 1.94. The quantitative estimate of drug-likeness (QED) is 0.412. The van der Waals surface area contributed by atoms with Crippen LogP contribution in [0.4, 0.5) is 5.82 Å². The summed E-state index contributed by atoms with van der Waals surface area (Å²) >= 11 is 1.61. The Labute approximate surface area is 106 Å². The van der Waals surface area contributed by atoms with Gasteiger partial charge in [-0.1, -0.05) is 0 Å². The Balaban J connectivity index is 2.09. The average molecular weight is 257 g/mol. The van der Waals surface area contributed by atoms with Gasteiger partial charge in [0.15, 0.2) is 0 Å². The summed E-state index contributed by atoms with van der Waals surface area (Å²) in [7, 11) is 1.67. The van der Waals surface area contributed by atoms with Gasteiger partial charge >= 0.3 is 0 Å². The number of ether oxygens (including phenoxy) is 2. The molecule has 96 valence electrons. The number of rotatable bonds is 9. The number of methoxy groups -OCH3 is 1. The van der Waals surface area contributed by atoms with Gasteiger partial charge in [0.2, 0.25) is 0 Å². The molecule has 1 heterocycles. The van der Waals surface area contributed by atoms with Crippen molar-refractivity contribution in [1.29, 1.82) is 0 Å². The van der Waals surface area contributed by atoms with E-state index in [1.54, 1.807) is 25.2 Å². The molecule has 1 N–H and O–H groups in total. The van der Waals surface area contributed by atoms with E-state index >= 15 is 0 Å². The number of hydrogen-bond acceptors (Lipinski definition) is 6. The first kappa shape index (κ1) is 14.2. The molecule has 0 spiro atoms. The molecular formula is C11H19N3O2S. The minimum absolute atomic E-state index is 0.649. The molecule has 0 atom stereocenters. The van der Waals surface area contributed by atoms with Gasteiger partial charge in [0.05, 0.1) is 13.2 Å². The van der Waals surface area contributed by atoms with E-state index in [2.05, 4.69) is 15.3 Å². The summed E-state index contributed by atoms with van der Waals surface area (Å²) in [6.07, 6.45) is 4.52. The maximum absolute atomic E-state index is 5.36. The molecule has 0 radical (unpaired) electrons. The number of anilines is 1. The van der Waals surface area contributed by atoms with Gasteiger partial charge in [-0.2, -0.15) is 0 Å². The second kappa shape index (κ2) is 9.21. The molecule has 0 saturated heterocycles. The summed E-state index contributed by atoms with van der Waals surface area (Å²) in [5.74, 6) is 0.862. The van der Waals surface area contributed by atoms with Crippen molar-refractivity contribution < 1.29 is 9.47 Å². The van der Waals surface area contributed by atoms with E-state index in [0.29, 0.717) is 13.2 Å². The second-order valence-corrected chi connectivity index (χ2v) is 4.16.